The molecular weight excluding hydrogens is 925 g/mol. The number of benzene rings is 2. The van der Waals surface area contributed by atoms with E-state index in [1.54, 1.807) is 12.4 Å². The summed E-state index contributed by atoms with van der Waals surface area (Å²) in [6.07, 6.45) is 11.7. The van der Waals surface area contributed by atoms with E-state index in [1.165, 1.54) is 17.2 Å². The van der Waals surface area contributed by atoms with Crippen molar-refractivity contribution < 1.29 is 38.8 Å². The van der Waals surface area contributed by atoms with Crippen LogP contribution in [-0.2, 0) is 37.7 Å². The number of furan rings is 2. The van der Waals surface area contributed by atoms with E-state index < -0.39 is 0 Å². The van der Waals surface area contributed by atoms with Gasteiger partial charge in [0.15, 0.2) is 5.78 Å². The van der Waals surface area contributed by atoms with Gasteiger partial charge in [-0.25, -0.2) is 9.97 Å². The number of allylic oxidation sites excluding steroid dienone is 2. The molecule has 9 heteroatoms. The van der Waals surface area contributed by atoms with Gasteiger partial charge < -0.3 is 23.9 Å². The van der Waals surface area contributed by atoms with E-state index in [-0.39, 0.29) is 31.6 Å². The Labute approximate surface area is 366 Å². The van der Waals surface area contributed by atoms with Crippen LogP contribution in [0.5, 0.6) is 0 Å². The molecule has 6 aromatic heterocycles. The number of rotatable bonds is 11. The van der Waals surface area contributed by atoms with E-state index in [0.29, 0.717) is 47.9 Å². The minimum atomic E-state index is 0. The number of carbonyl (C=O) groups excluding carboxylic acids is 1. The summed E-state index contributed by atoms with van der Waals surface area (Å²) in [4.78, 5) is 28.9. The van der Waals surface area contributed by atoms with Crippen LogP contribution < -0.4 is 0 Å². The Balaban J connectivity index is 0.000000177. The predicted octanol–water partition coefficient (Wildman–Crippen LogP) is 13.2. The number of aromatic nitrogens is 4. The molecule has 0 aliphatic heterocycles. The fourth-order valence-corrected chi connectivity index (χ4v) is 7.08. The van der Waals surface area contributed by atoms with Crippen molar-refractivity contribution in [2.24, 2.45) is 23.7 Å². The number of fused-ring (bicyclic) bond motifs is 6. The molecule has 8 rings (SSSR count). The zero-order valence-electron chi connectivity index (χ0n) is 35.7. The van der Waals surface area contributed by atoms with Crippen molar-refractivity contribution in [3.8, 4) is 22.5 Å². The molecule has 2 aromatic carbocycles. The minimum absolute atomic E-state index is 0. The Morgan fingerprint density at radius 1 is 0.600 bits per heavy atom. The van der Waals surface area contributed by atoms with E-state index in [9.17, 15) is 9.90 Å². The van der Waals surface area contributed by atoms with Crippen LogP contribution in [-0.4, -0.2) is 30.8 Å². The van der Waals surface area contributed by atoms with E-state index in [0.717, 1.165) is 68.1 Å². The Kier molecular flexibility index (Phi) is 16.1. The van der Waals surface area contributed by atoms with Gasteiger partial charge in [0, 0.05) is 74.6 Å². The number of aliphatic hydroxyl groups excluding tert-OH is 1. The quantitative estimate of drug-likeness (QED) is 0.0774. The molecule has 1 radical (unpaired) electrons. The summed E-state index contributed by atoms with van der Waals surface area (Å²) in [5.41, 5.74) is 9.06. The molecular formula is C51H54IrN4O4-2. The second kappa shape index (κ2) is 21.1. The first-order chi connectivity index (χ1) is 28.4. The standard InChI is InChI=1S/2C20H17N2O.C11H20O2.Ir/c2*1-13(2)11-14-8-10-21-18(12-14)17-6-3-5-15-16-7-4-9-22-20(16)23-19(15)17;1-8(2)5-10(12)7-11(13)6-9(3)4;/h2*3-5,7-10,12-13H,11H2,1-2H3;7-9,12H,5-6H2,1-4H3;/q2*-1;;/b;;10-7-;. The van der Waals surface area contributed by atoms with Crippen molar-refractivity contribution in [3.05, 3.63) is 133 Å². The van der Waals surface area contributed by atoms with Crippen LogP contribution in [0.1, 0.15) is 79.4 Å². The third-order valence-corrected chi connectivity index (χ3v) is 9.42. The van der Waals surface area contributed by atoms with Gasteiger partial charge in [-0.1, -0.05) is 101 Å². The summed E-state index contributed by atoms with van der Waals surface area (Å²) in [7, 11) is 0. The molecule has 0 aliphatic carbocycles. The van der Waals surface area contributed by atoms with Crippen molar-refractivity contribution in [1.82, 2.24) is 19.9 Å². The van der Waals surface area contributed by atoms with Crippen LogP contribution in [0.3, 0.4) is 0 Å². The molecule has 6 heterocycles. The largest absolute Gasteiger partial charge is 0.512 e. The van der Waals surface area contributed by atoms with Crippen LogP contribution in [0, 0.1) is 35.8 Å². The SMILES string of the molecule is CC(C)CC(=O)/C=C(\O)CC(C)C.CC(C)Cc1ccnc(-c2[c-]ccc3c2oc2ncccc23)c1.CC(C)Cc1ccnc(-c2[c-]ccc3c2oc2ncccc23)c1.[Ir]. The molecule has 0 bridgehead atoms. The normalized spacial score (nSPS) is 11.6. The topological polar surface area (TPSA) is 115 Å². The molecule has 8 aromatic rings. The average Bonchev–Trinajstić information content (AvgIpc) is 3.76. The van der Waals surface area contributed by atoms with E-state index in [2.05, 4.69) is 84.0 Å². The molecule has 0 saturated carbocycles. The van der Waals surface area contributed by atoms with E-state index in [1.807, 2.05) is 88.6 Å². The maximum Gasteiger partial charge on any atom is 0.216 e. The second-order valence-electron chi connectivity index (χ2n) is 16.7. The fraction of sp³-hybridized carbons (Fsp3) is 0.314. The van der Waals surface area contributed by atoms with Gasteiger partial charge in [0.05, 0.1) is 16.9 Å². The van der Waals surface area contributed by atoms with Crippen molar-refractivity contribution in [2.75, 3.05) is 0 Å². The second-order valence-corrected chi connectivity index (χ2v) is 16.7. The Hall–Kier alpha value is -5.50. The first-order valence-electron chi connectivity index (χ1n) is 20.5. The van der Waals surface area contributed by atoms with Gasteiger partial charge in [0.1, 0.15) is 0 Å². The Morgan fingerprint density at radius 2 is 1.05 bits per heavy atom. The summed E-state index contributed by atoms with van der Waals surface area (Å²) in [5.74, 6) is 2.20. The van der Waals surface area contributed by atoms with Crippen molar-refractivity contribution in [2.45, 2.75) is 81.1 Å². The molecule has 0 fully saturated rings. The monoisotopic (exact) mass is 979 g/mol. The molecule has 0 atom stereocenters. The molecule has 0 unspecified atom stereocenters. The van der Waals surface area contributed by atoms with Gasteiger partial charge in [-0.3, -0.25) is 4.79 Å². The molecule has 8 nitrogen and oxygen atoms in total. The van der Waals surface area contributed by atoms with Crippen molar-refractivity contribution in [3.63, 3.8) is 0 Å². The van der Waals surface area contributed by atoms with Gasteiger partial charge in [-0.15, -0.1) is 36.4 Å². The summed E-state index contributed by atoms with van der Waals surface area (Å²) in [5, 5.41) is 13.5. The van der Waals surface area contributed by atoms with Crippen LogP contribution in [0.25, 0.3) is 66.7 Å². The van der Waals surface area contributed by atoms with Crippen molar-refractivity contribution >= 4 is 49.9 Å². The molecule has 0 spiro atoms. The third-order valence-electron chi connectivity index (χ3n) is 9.42. The number of aliphatic hydroxyl groups is 1. The number of pyridine rings is 4. The number of hydrogen-bond acceptors (Lipinski definition) is 8. The predicted molar refractivity (Wildman–Crippen MR) is 239 cm³/mol. The van der Waals surface area contributed by atoms with Crippen molar-refractivity contribution in [1.29, 1.82) is 0 Å². The molecule has 0 amide bonds. The first kappa shape index (κ1) is 45.6. The summed E-state index contributed by atoms with van der Waals surface area (Å²) in [6, 6.07) is 30.8. The molecule has 0 aliphatic rings. The fourth-order valence-electron chi connectivity index (χ4n) is 7.08. The summed E-state index contributed by atoms with van der Waals surface area (Å²) in [6.45, 7) is 16.9. The van der Waals surface area contributed by atoms with Gasteiger partial charge in [0.25, 0.3) is 0 Å². The van der Waals surface area contributed by atoms with Crippen LogP contribution in [0.15, 0.2) is 118 Å². The first-order valence-corrected chi connectivity index (χ1v) is 20.5. The number of hydrogen-bond donors (Lipinski definition) is 1. The van der Waals surface area contributed by atoms with Gasteiger partial charge >= 0.3 is 0 Å². The van der Waals surface area contributed by atoms with Gasteiger partial charge in [-0.05, 0) is 84.3 Å². The maximum absolute atomic E-state index is 11.2. The summed E-state index contributed by atoms with van der Waals surface area (Å²) < 4.78 is 12.0. The average molecular weight is 979 g/mol. The zero-order valence-corrected chi connectivity index (χ0v) is 38.1. The molecule has 60 heavy (non-hydrogen) atoms. The van der Waals surface area contributed by atoms with Gasteiger partial charge in [-0.2, -0.15) is 0 Å². The smallest absolute Gasteiger partial charge is 0.216 e. The zero-order chi connectivity index (χ0) is 42.1. The Morgan fingerprint density at radius 3 is 1.47 bits per heavy atom. The minimum Gasteiger partial charge on any atom is -0.512 e. The van der Waals surface area contributed by atoms with Crippen LogP contribution >= 0.6 is 0 Å². The Bertz CT molecular complexity index is 2530. The molecule has 313 valence electrons. The number of carbonyl (C=O) groups is 1. The maximum atomic E-state index is 11.2. The van der Waals surface area contributed by atoms with E-state index in [4.69, 9.17) is 8.83 Å². The summed E-state index contributed by atoms with van der Waals surface area (Å²) >= 11 is 0. The van der Waals surface area contributed by atoms with Gasteiger partial charge in [0.2, 0.25) is 11.4 Å². The molecule has 0 saturated heterocycles. The third kappa shape index (κ3) is 11.8. The number of ketones is 1. The number of nitrogens with zero attached hydrogens (tertiary/aromatic N) is 4. The van der Waals surface area contributed by atoms with Crippen LogP contribution in [0.4, 0.5) is 0 Å². The van der Waals surface area contributed by atoms with Crippen LogP contribution in [0.2, 0.25) is 0 Å². The molecule has 1 N–H and O–H groups in total. The van der Waals surface area contributed by atoms with E-state index >= 15 is 0 Å².